The predicted octanol–water partition coefficient (Wildman–Crippen LogP) is 6.72. The van der Waals surface area contributed by atoms with Gasteiger partial charge in [0.1, 0.15) is 0 Å². The molecule has 0 amide bonds. The summed E-state index contributed by atoms with van der Waals surface area (Å²) in [5.41, 5.74) is 2.28. The van der Waals surface area contributed by atoms with Crippen LogP contribution in [-0.2, 0) is 0 Å². The molecule has 0 fully saturated rings. The molecule has 4 aromatic rings. The molecule has 0 aliphatic carbocycles. The lowest BCUT2D eigenvalue weighted by molar-refractivity contribution is 1.26. The molecule has 0 saturated heterocycles. The zero-order valence-corrected chi connectivity index (χ0v) is 15.1. The molecule has 124 valence electrons. The first-order valence-electron chi connectivity index (χ1n) is 8.65. The first-order chi connectivity index (χ1) is 12.9. The van der Waals surface area contributed by atoms with E-state index in [1.54, 1.807) is 11.8 Å². The van der Waals surface area contributed by atoms with Crippen LogP contribution in [0, 0.1) is 11.8 Å². The van der Waals surface area contributed by atoms with E-state index in [0.717, 1.165) is 5.56 Å². The van der Waals surface area contributed by atoms with Crippen molar-refractivity contribution in [1.29, 1.82) is 0 Å². The summed E-state index contributed by atoms with van der Waals surface area (Å²) in [6.07, 6.45) is 0. The van der Waals surface area contributed by atoms with E-state index in [4.69, 9.17) is 0 Å². The predicted molar refractivity (Wildman–Crippen MR) is 112 cm³/mol. The number of rotatable bonds is 3. The van der Waals surface area contributed by atoms with Gasteiger partial charge in [-0.05, 0) is 40.6 Å². The molecule has 4 rings (SSSR count). The van der Waals surface area contributed by atoms with E-state index in [0.29, 0.717) is 0 Å². The van der Waals surface area contributed by atoms with Crippen molar-refractivity contribution in [2.24, 2.45) is 0 Å². The third-order valence-corrected chi connectivity index (χ3v) is 5.35. The Kier molecular flexibility index (Phi) is 5.05. The van der Waals surface area contributed by atoms with Crippen LogP contribution >= 0.6 is 11.8 Å². The van der Waals surface area contributed by atoms with Gasteiger partial charge in [0.05, 0.1) is 5.25 Å². The smallest absolute Gasteiger partial charge is 0.0956 e. The van der Waals surface area contributed by atoms with Gasteiger partial charge in [0.2, 0.25) is 0 Å². The van der Waals surface area contributed by atoms with E-state index in [-0.39, 0.29) is 5.25 Å². The van der Waals surface area contributed by atoms with Crippen molar-refractivity contribution in [2.75, 3.05) is 0 Å². The lowest BCUT2D eigenvalue weighted by atomic mass is 10.1. The number of hydrogen-bond acceptors (Lipinski definition) is 1. The molecular formula is C25H18S. The van der Waals surface area contributed by atoms with Gasteiger partial charge in [-0.1, -0.05) is 90.7 Å². The van der Waals surface area contributed by atoms with Crippen LogP contribution in [0.25, 0.3) is 10.8 Å². The quantitative estimate of drug-likeness (QED) is 0.292. The molecule has 0 saturated carbocycles. The monoisotopic (exact) mass is 350 g/mol. The molecule has 0 N–H and O–H groups in total. The Labute approximate surface area is 158 Å². The molecule has 0 bridgehead atoms. The normalized spacial score (nSPS) is 11.5. The van der Waals surface area contributed by atoms with Gasteiger partial charge in [-0.3, -0.25) is 0 Å². The summed E-state index contributed by atoms with van der Waals surface area (Å²) in [6.45, 7) is 0. The number of fused-ring (bicyclic) bond motifs is 1. The van der Waals surface area contributed by atoms with E-state index in [1.165, 1.54) is 21.2 Å². The number of thioether (sulfide) groups is 1. The van der Waals surface area contributed by atoms with Crippen LogP contribution in [0.15, 0.2) is 108 Å². The molecule has 0 aliphatic rings. The average Bonchev–Trinajstić information content (AvgIpc) is 2.72. The minimum Gasteiger partial charge on any atom is -0.105 e. The first kappa shape index (κ1) is 16.5. The van der Waals surface area contributed by atoms with Gasteiger partial charge >= 0.3 is 0 Å². The van der Waals surface area contributed by atoms with Gasteiger partial charge in [-0.15, -0.1) is 11.8 Å². The van der Waals surface area contributed by atoms with E-state index < -0.39 is 0 Å². The maximum Gasteiger partial charge on any atom is 0.0956 e. The van der Waals surface area contributed by atoms with Crippen molar-refractivity contribution in [3.05, 3.63) is 114 Å². The maximum absolute atomic E-state index is 3.46. The lowest BCUT2D eigenvalue weighted by Crippen LogP contribution is -1.91. The van der Waals surface area contributed by atoms with Gasteiger partial charge in [-0.25, -0.2) is 0 Å². The van der Waals surface area contributed by atoms with Gasteiger partial charge in [-0.2, -0.15) is 0 Å². The number of hydrogen-bond donors (Lipinski definition) is 0. The standard InChI is InChI=1S/C25H18S/c1-3-9-20(10-4-1)15-18-25(22-12-5-2-6-13-22)26-24-17-16-21-11-7-8-14-23(21)19-24/h1-14,16-17,19,25H. The summed E-state index contributed by atoms with van der Waals surface area (Å²) in [4.78, 5) is 1.24. The molecule has 0 nitrogen and oxygen atoms in total. The molecule has 1 heteroatoms. The zero-order valence-electron chi connectivity index (χ0n) is 14.3. The van der Waals surface area contributed by atoms with Gasteiger partial charge in [0, 0.05) is 10.5 Å². The molecule has 0 spiro atoms. The Bertz CT molecular complexity index is 1060. The van der Waals surface area contributed by atoms with Crippen molar-refractivity contribution >= 4 is 22.5 Å². The Hall–Kier alpha value is -2.95. The molecule has 1 atom stereocenters. The van der Waals surface area contributed by atoms with Crippen LogP contribution in [0.4, 0.5) is 0 Å². The average molecular weight is 350 g/mol. The topological polar surface area (TPSA) is 0 Å². The van der Waals surface area contributed by atoms with E-state index in [9.17, 15) is 0 Å². The largest absolute Gasteiger partial charge is 0.105 e. The SMILES string of the molecule is C(#CC(Sc1ccc2ccccc2c1)c1ccccc1)c1ccccc1. The van der Waals surface area contributed by atoms with Crippen LogP contribution in [0.3, 0.4) is 0 Å². The Morgan fingerprint density at radius 2 is 1.27 bits per heavy atom. The van der Waals surface area contributed by atoms with Crippen LogP contribution in [-0.4, -0.2) is 0 Å². The summed E-state index contributed by atoms with van der Waals surface area (Å²) in [5, 5.41) is 2.63. The molecule has 0 radical (unpaired) electrons. The highest BCUT2D eigenvalue weighted by Gasteiger charge is 2.10. The molecule has 0 aliphatic heterocycles. The van der Waals surface area contributed by atoms with Crippen LogP contribution in [0.1, 0.15) is 16.4 Å². The third kappa shape index (κ3) is 3.99. The van der Waals surface area contributed by atoms with Crippen LogP contribution < -0.4 is 0 Å². The molecule has 26 heavy (non-hydrogen) atoms. The number of benzene rings is 4. The minimum atomic E-state index is 0.0950. The van der Waals surface area contributed by atoms with Crippen molar-refractivity contribution in [3.63, 3.8) is 0 Å². The second-order valence-corrected chi connectivity index (χ2v) is 7.23. The van der Waals surface area contributed by atoms with Gasteiger partial charge in [0.25, 0.3) is 0 Å². The van der Waals surface area contributed by atoms with Gasteiger partial charge in [0.15, 0.2) is 0 Å². The summed E-state index contributed by atoms with van der Waals surface area (Å²) in [6, 6.07) is 35.8. The Balaban J connectivity index is 1.67. The second-order valence-electron chi connectivity index (χ2n) is 6.05. The second kappa shape index (κ2) is 7.95. The first-order valence-corrected chi connectivity index (χ1v) is 9.53. The van der Waals surface area contributed by atoms with Crippen molar-refractivity contribution in [2.45, 2.75) is 10.1 Å². The molecule has 1 unspecified atom stereocenters. The highest BCUT2D eigenvalue weighted by molar-refractivity contribution is 7.99. The fraction of sp³-hybridized carbons (Fsp3) is 0.0400. The van der Waals surface area contributed by atoms with Crippen LogP contribution in [0.2, 0.25) is 0 Å². The lowest BCUT2D eigenvalue weighted by Gasteiger charge is -2.12. The zero-order chi connectivity index (χ0) is 17.6. The summed E-state index contributed by atoms with van der Waals surface area (Å²) in [5.74, 6) is 6.79. The Morgan fingerprint density at radius 3 is 2.04 bits per heavy atom. The highest BCUT2D eigenvalue weighted by atomic mass is 32.2. The van der Waals surface area contributed by atoms with E-state index >= 15 is 0 Å². The van der Waals surface area contributed by atoms with E-state index in [1.807, 2.05) is 24.3 Å². The summed E-state index contributed by atoms with van der Waals surface area (Å²) < 4.78 is 0. The fourth-order valence-corrected chi connectivity index (χ4v) is 3.88. The third-order valence-electron chi connectivity index (χ3n) is 4.20. The van der Waals surface area contributed by atoms with Gasteiger partial charge < -0.3 is 0 Å². The van der Waals surface area contributed by atoms with Crippen molar-refractivity contribution in [1.82, 2.24) is 0 Å². The van der Waals surface area contributed by atoms with Crippen LogP contribution in [0.5, 0.6) is 0 Å². The van der Waals surface area contributed by atoms with Crippen molar-refractivity contribution in [3.8, 4) is 11.8 Å². The Morgan fingerprint density at radius 1 is 0.615 bits per heavy atom. The fourth-order valence-electron chi connectivity index (χ4n) is 2.86. The molecule has 4 aromatic carbocycles. The summed E-state index contributed by atoms with van der Waals surface area (Å²) in [7, 11) is 0. The van der Waals surface area contributed by atoms with E-state index in [2.05, 4.69) is 90.7 Å². The maximum atomic E-state index is 3.46. The molecular weight excluding hydrogens is 332 g/mol. The van der Waals surface area contributed by atoms with Crippen molar-refractivity contribution < 1.29 is 0 Å². The summed E-state index contributed by atoms with van der Waals surface area (Å²) >= 11 is 1.80. The molecule has 0 aromatic heterocycles. The highest BCUT2D eigenvalue weighted by Crippen LogP contribution is 2.36. The minimum absolute atomic E-state index is 0.0950. The molecule has 0 heterocycles.